The maximum atomic E-state index is 12.3. The third-order valence-electron chi connectivity index (χ3n) is 5.34. The molecule has 1 saturated heterocycles. The molecule has 1 amide bonds. The van der Waals surface area contributed by atoms with E-state index in [1.54, 1.807) is 0 Å². The number of carbonyl (C=O) groups is 1. The van der Waals surface area contributed by atoms with Crippen LogP contribution in [-0.2, 0) is 11.2 Å². The first-order chi connectivity index (χ1) is 13.8. The monoisotopic (exact) mass is 377 g/mol. The second-order valence-electron chi connectivity index (χ2n) is 7.53. The number of amides is 1. The molecule has 1 aromatic heterocycles. The summed E-state index contributed by atoms with van der Waals surface area (Å²) in [5.74, 6) is 1.16. The van der Waals surface area contributed by atoms with E-state index in [4.69, 9.17) is 4.42 Å². The smallest absolute Gasteiger partial charge is 0.234 e. The van der Waals surface area contributed by atoms with Crippen LogP contribution in [0, 0.1) is 0 Å². The van der Waals surface area contributed by atoms with Crippen molar-refractivity contribution in [3.63, 3.8) is 0 Å². The van der Waals surface area contributed by atoms with Gasteiger partial charge < -0.3 is 9.73 Å². The van der Waals surface area contributed by atoms with Crippen LogP contribution >= 0.6 is 0 Å². The number of nitrogens with zero attached hydrogens (tertiary/aromatic N) is 2. The van der Waals surface area contributed by atoms with Gasteiger partial charge in [-0.15, -0.1) is 0 Å². The fraction of sp³-hybridized carbons (Fsp3) is 0.391. The van der Waals surface area contributed by atoms with Crippen LogP contribution in [0.1, 0.15) is 36.6 Å². The Morgan fingerprint density at radius 2 is 1.96 bits per heavy atom. The second-order valence-corrected chi connectivity index (χ2v) is 7.53. The van der Waals surface area contributed by atoms with Crippen LogP contribution in [0.5, 0.6) is 0 Å². The zero-order valence-electron chi connectivity index (χ0n) is 16.1. The van der Waals surface area contributed by atoms with Gasteiger partial charge in [-0.05, 0) is 49.9 Å². The lowest BCUT2D eigenvalue weighted by Crippen LogP contribution is -2.42. The molecule has 1 fully saturated rings. The highest BCUT2D eigenvalue weighted by molar-refractivity contribution is 5.78. The molecule has 28 heavy (non-hydrogen) atoms. The number of piperidine rings is 1. The maximum Gasteiger partial charge on any atom is 0.234 e. The van der Waals surface area contributed by atoms with Gasteiger partial charge in [0.05, 0.1) is 6.54 Å². The summed E-state index contributed by atoms with van der Waals surface area (Å²) in [6.07, 6.45) is 4.07. The van der Waals surface area contributed by atoms with Gasteiger partial charge in [0.25, 0.3) is 0 Å². The lowest BCUT2D eigenvalue weighted by molar-refractivity contribution is -0.122. The SMILES string of the molecule is O=C(CN1CCC[C@@H](c2nc3ccccc3o2)C1)NCCCc1ccccc1. The number of likely N-dealkylation sites (tertiary alicyclic amines) is 1. The Hall–Kier alpha value is -2.66. The summed E-state index contributed by atoms with van der Waals surface area (Å²) < 4.78 is 5.94. The highest BCUT2D eigenvalue weighted by Gasteiger charge is 2.26. The molecular formula is C23H27N3O2. The quantitative estimate of drug-likeness (QED) is 0.637. The highest BCUT2D eigenvalue weighted by Crippen LogP contribution is 2.28. The van der Waals surface area contributed by atoms with Crippen LogP contribution in [0.3, 0.4) is 0 Å². The molecule has 5 nitrogen and oxygen atoms in total. The number of aryl methyl sites for hydroxylation is 1. The zero-order chi connectivity index (χ0) is 19.2. The minimum Gasteiger partial charge on any atom is -0.440 e. The molecule has 0 spiro atoms. The van der Waals surface area contributed by atoms with E-state index in [2.05, 4.69) is 39.5 Å². The van der Waals surface area contributed by atoms with E-state index in [-0.39, 0.29) is 11.8 Å². The molecule has 2 aromatic carbocycles. The van der Waals surface area contributed by atoms with Gasteiger partial charge in [-0.2, -0.15) is 0 Å². The molecule has 3 aromatic rings. The summed E-state index contributed by atoms with van der Waals surface area (Å²) >= 11 is 0. The molecule has 146 valence electrons. The average molecular weight is 377 g/mol. The van der Waals surface area contributed by atoms with Gasteiger partial charge in [0.2, 0.25) is 5.91 Å². The average Bonchev–Trinajstić information content (AvgIpc) is 3.17. The van der Waals surface area contributed by atoms with Gasteiger partial charge in [-0.1, -0.05) is 42.5 Å². The van der Waals surface area contributed by atoms with Crippen molar-refractivity contribution in [2.45, 2.75) is 31.6 Å². The second kappa shape index (κ2) is 9.02. The Morgan fingerprint density at radius 3 is 2.82 bits per heavy atom. The topological polar surface area (TPSA) is 58.4 Å². The summed E-state index contributed by atoms with van der Waals surface area (Å²) in [7, 11) is 0. The minimum atomic E-state index is 0.103. The standard InChI is InChI=1S/C23H27N3O2/c27-22(24-14-6-10-18-8-2-1-3-9-18)17-26-15-7-11-19(16-26)23-25-20-12-4-5-13-21(20)28-23/h1-5,8-9,12-13,19H,6-7,10-11,14-17H2,(H,24,27)/t19-/m1/s1. The van der Waals surface area contributed by atoms with Gasteiger partial charge in [-0.3, -0.25) is 9.69 Å². The fourth-order valence-corrected chi connectivity index (χ4v) is 3.89. The van der Waals surface area contributed by atoms with E-state index in [1.807, 2.05) is 30.3 Å². The number of aromatic nitrogens is 1. The number of hydrogen-bond donors (Lipinski definition) is 1. The van der Waals surface area contributed by atoms with E-state index >= 15 is 0 Å². The van der Waals surface area contributed by atoms with E-state index in [1.165, 1.54) is 5.56 Å². The lowest BCUT2D eigenvalue weighted by atomic mass is 9.98. The van der Waals surface area contributed by atoms with Crippen molar-refractivity contribution in [3.05, 3.63) is 66.1 Å². The van der Waals surface area contributed by atoms with E-state index in [0.717, 1.165) is 62.3 Å². The van der Waals surface area contributed by atoms with Crippen molar-refractivity contribution in [2.75, 3.05) is 26.2 Å². The van der Waals surface area contributed by atoms with E-state index in [9.17, 15) is 4.79 Å². The minimum absolute atomic E-state index is 0.103. The number of fused-ring (bicyclic) bond motifs is 1. The van der Waals surface area contributed by atoms with Crippen molar-refractivity contribution < 1.29 is 9.21 Å². The number of nitrogens with one attached hydrogen (secondary N) is 1. The Bertz CT molecular complexity index is 873. The number of rotatable bonds is 7. The summed E-state index contributed by atoms with van der Waals surface area (Å²) in [6.45, 7) is 2.94. The van der Waals surface area contributed by atoms with Gasteiger partial charge in [-0.25, -0.2) is 4.98 Å². The largest absolute Gasteiger partial charge is 0.440 e. The van der Waals surface area contributed by atoms with Crippen molar-refractivity contribution >= 4 is 17.0 Å². The van der Waals surface area contributed by atoms with Crippen LogP contribution in [0.15, 0.2) is 59.0 Å². The molecule has 0 saturated carbocycles. The van der Waals surface area contributed by atoms with Crippen LogP contribution < -0.4 is 5.32 Å². The Balaban J connectivity index is 1.23. The first-order valence-electron chi connectivity index (χ1n) is 10.2. The maximum absolute atomic E-state index is 12.3. The molecule has 0 radical (unpaired) electrons. The molecule has 1 N–H and O–H groups in total. The molecule has 0 bridgehead atoms. The molecule has 1 atom stereocenters. The molecule has 5 heteroatoms. The van der Waals surface area contributed by atoms with Gasteiger partial charge >= 0.3 is 0 Å². The summed E-state index contributed by atoms with van der Waals surface area (Å²) in [6, 6.07) is 18.3. The number of benzene rings is 2. The third-order valence-corrected chi connectivity index (χ3v) is 5.34. The van der Waals surface area contributed by atoms with Gasteiger partial charge in [0, 0.05) is 19.0 Å². The Labute approximate surface area is 165 Å². The lowest BCUT2D eigenvalue weighted by Gasteiger charge is -2.30. The number of oxazole rings is 1. The summed E-state index contributed by atoms with van der Waals surface area (Å²) in [5, 5.41) is 3.06. The molecule has 4 rings (SSSR count). The van der Waals surface area contributed by atoms with E-state index in [0.29, 0.717) is 6.54 Å². The third kappa shape index (κ3) is 4.78. The first kappa shape index (κ1) is 18.7. The molecule has 2 heterocycles. The predicted molar refractivity (Wildman–Crippen MR) is 110 cm³/mol. The summed E-state index contributed by atoms with van der Waals surface area (Å²) in [5.41, 5.74) is 3.06. The highest BCUT2D eigenvalue weighted by atomic mass is 16.3. The normalized spacial score (nSPS) is 17.6. The van der Waals surface area contributed by atoms with Gasteiger partial charge in [0.1, 0.15) is 5.52 Å². The zero-order valence-corrected chi connectivity index (χ0v) is 16.1. The van der Waals surface area contributed by atoms with E-state index < -0.39 is 0 Å². The van der Waals surface area contributed by atoms with Crippen LogP contribution in [-0.4, -0.2) is 42.0 Å². The number of hydrogen-bond acceptors (Lipinski definition) is 4. The van der Waals surface area contributed by atoms with Crippen LogP contribution in [0.4, 0.5) is 0 Å². The van der Waals surface area contributed by atoms with Crippen LogP contribution in [0.2, 0.25) is 0 Å². The number of carbonyl (C=O) groups excluding carboxylic acids is 1. The van der Waals surface area contributed by atoms with Crippen molar-refractivity contribution in [1.82, 2.24) is 15.2 Å². The van der Waals surface area contributed by atoms with Crippen molar-refractivity contribution in [1.29, 1.82) is 0 Å². The molecule has 1 aliphatic heterocycles. The first-order valence-corrected chi connectivity index (χ1v) is 10.2. The van der Waals surface area contributed by atoms with Gasteiger partial charge in [0.15, 0.2) is 11.5 Å². The fourth-order valence-electron chi connectivity index (χ4n) is 3.89. The molecule has 0 aliphatic carbocycles. The predicted octanol–water partition coefficient (Wildman–Crippen LogP) is 3.76. The molecule has 1 aliphatic rings. The summed E-state index contributed by atoms with van der Waals surface area (Å²) in [4.78, 5) is 19.2. The Morgan fingerprint density at radius 1 is 1.14 bits per heavy atom. The van der Waals surface area contributed by atoms with Crippen molar-refractivity contribution in [3.8, 4) is 0 Å². The van der Waals surface area contributed by atoms with Crippen molar-refractivity contribution in [2.24, 2.45) is 0 Å². The molecule has 0 unspecified atom stereocenters. The molecular weight excluding hydrogens is 350 g/mol. The van der Waals surface area contributed by atoms with Crippen LogP contribution in [0.25, 0.3) is 11.1 Å². The Kier molecular flexibility index (Phi) is 6.02. The number of para-hydroxylation sites is 2.